The number of aromatic nitrogens is 2. The summed E-state index contributed by atoms with van der Waals surface area (Å²) in [4.78, 5) is 16.5. The van der Waals surface area contributed by atoms with Crippen LogP contribution in [0.15, 0.2) is 67.1 Å². The number of nitrogens with zero attached hydrogens (tertiary/aromatic N) is 2. The predicted molar refractivity (Wildman–Crippen MR) is 85.6 cm³/mol. The molecule has 0 unspecified atom stereocenters. The van der Waals surface area contributed by atoms with Gasteiger partial charge in [-0.15, -0.1) is 0 Å². The van der Waals surface area contributed by atoms with Crippen molar-refractivity contribution < 1.29 is 13.8 Å². The van der Waals surface area contributed by atoms with E-state index >= 15 is 0 Å². The van der Waals surface area contributed by atoms with Crippen LogP contribution in [0.4, 0.5) is 4.39 Å². The number of ketones is 1. The first kappa shape index (κ1) is 15.3. The number of halogens is 2. The third-order valence-corrected chi connectivity index (χ3v) is 3.65. The van der Waals surface area contributed by atoms with E-state index in [1.165, 1.54) is 12.1 Å². The lowest BCUT2D eigenvalue weighted by Crippen LogP contribution is -2.37. The number of rotatable bonds is 4. The summed E-state index contributed by atoms with van der Waals surface area (Å²) < 4.78 is 14.6. The molecule has 3 aromatic rings. The van der Waals surface area contributed by atoms with Gasteiger partial charge in [-0.3, -0.25) is 4.79 Å². The molecule has 3 rings (SSSR count). The van der Waals surface area contributed by atoms with Crippen molar-refractivity contribution in [3.63, 3.8) is 0 Å². The minimum Gasteiger partial charge on any atom is -0.290 e. The maximum Gasteiger partial charge on any atom is 0.287 e. The van der Waals surface area contributed by atoms with E-state index in [2.05, 4.69) is 4.98 Å². The molecule has 2 aromatic carbocycles. The van der Waals surface area contributed by atoms with Crippen molar-refractivity contribution in [2.24, 2.45) is 0 Å². The topological polar surface area (TPSA) is 33.8 Å². The highest BCUT2D eigenvalue weighted by atomic mass is 35.5. The Morgan fingerprint density at radius 1 is 1.04 bits per heavy atom. The van der Waals surface area contributed by atoms with Crippen molar-refractivity contribution in [2.45, 2.75) is 6.54 Å². The average molecular weight is 328 g/mol. The van der Waals surface area contributed by atoms with E-state index in [1.54, 1.807) is 59.6 Å². The Bertz CT molecular complexity index is 815. The van der Waals surface area contributed by atoms with Crippen molar-refractivity contribution in [3.05, 3.63) is 83.5 Å². The van der Waals surface area contributed by atoms with Crippen molar-refractivity contribution in [1.82, 2.24) is 4.98 Å². The second-order valence-electron chi connectivity index (χ2n) is 5.05. The number of hydrogen-bond acceptors (Lipinski definition) is 2. The maximum absolute atomic E-state index is 12.9. The number of benzene rings is 2. The van der Waals surface area contributed by atoms with Crippen LogP contribution in [0.25, 0.3) is 11.3 Å². The van der Waals surface area contributed by atoms with Crippen LogP contribution in [0, 0.1) is 5.82 Å². The summed E-state index contributed by atoms with van der Waals surface area (Å²) >= 11 is 5.81. The largest absolute Gasteiger partial charge is 0.290 e. The summed E-state index contributed by atoms with van der Waals surface area (Å²) in [5.74, 6) is -0.309. The minimum absolute atomic E-state index is 0.0250. The van der Waals surface area contributed by atoms with Crippen LogP contribution >= 0.6 is 11.6 Å². The van der Waals surface area contributed by atoms with E-state index in [1.807, 2.05) is 0 Å². The molecule has 0 saturated carbocycles. The zero-order valence-electron chi connectivity index (χ0n) is 12.1. The van der Waals surface area contributed by atoms with Gasteiger partial charge in [0.15, 0.2) is 12.2 Å². The van der Waals surface area contributed by atoms with Crippen LogP contribution in [0.2, 0.25) is 5.02 Å². The van der Waals surface area contributed by atoms with Crippen LogP contribution in [-0.4, -0.2) is 10.8 Å². The molecular weight excluding hydrogens is 315 g/mol. The lowest BCUT2D eigenvalue weighted by atomic mass is 10.1. The summed E-state index contributed by atoms with van der Waals surface area (Å²) in [5.41, 5.74) is 2.15. The van der Waals surface area contributed by atoms with Gasteiger partial charge in [0.25, 0.3) is 6.33 Å². The predicted octanol–water partition coefficient (Wildman–Crippen LogP) is 3.71. The zero-order chi connectivity index (χ0) is 16.2. The van der Waals surface area contributed by atoms with Gasteiger partial charge in [-0.05, 0) is 53.5 Å². The van der Waals surface area contributed by atoms with E-state index in [0.29, 0.717) is 10.6 Å². The molecule has 0 spiro atoms. The fourth-order valence-corrected chi connectivity index (χ4v) is 2.29. The SMILES string of the molecule is O=C(C[n+]1ccc(-c2ccc(F)cc2)nc1)c1ccc(Cl)cc1. The first-order valence-corrected chi connectivity index (χ1v) is 7.39. The Hall–Kier alpha value is -2.59. The first-order valence-electron chi connectivity index (χ1n) is 7.01. The third-order valence-electron chi connectivity index (χ3n) is 3.40. The molecule has 3 nitrogen and oxygen atoms in total. The van der Waals surface area contributed by atoms with E-state index < -0.39 is 0 Å². The highest BCUT2D eigenvalue weighted by Crippen LogP contribution is 2.15. The van der Waals surface area contributed by atoms with Crippen LogP contribution in [0.3, 0.4) is 0 Å². The highest BCUT2D eigenvalue weighted by Gasteiger charge is 2.11. The second kappa shape index (κ2) is 6.67. The molecular formula is C18H13ClFN2O+. The molecule has 0 bridgehead atoms. The Labute approximate surface area is 138 Å². The first-order chi connectivity index (χ1) is 11.1. The van der Waals surface area contributed by atoms with Crippen molar-refractivity contribution in [1.29, 1.82) is 0 Å². The van der Waals surface area contributed by atoms with Crippen molar-refractivity contribution >= 4 is 17.4 Å². The van der Waals surface area contributed by atoms with E-state index in [-0.39, 0.29) is 18.1 Å². The quantitative estimate of drug-likeness (QED) is 0.540. The van der Waals surface area contributed by atoms with E-state index in [9.17, 15) is 9.18 Å². The summed E-state index contributed by atoms with van der Waals surface area (Å²) in [5, 5.41) is 0.597. The van der Waals surface area contributed by atoms with Crippen LogP contribution in [0.1, 0.15) is 10.4 Å². The Kier molecular flexibility index (Phi) is 4.44. The molecule has 1 heterocycles. The fraction of sp³-hybridized carbons (Fsp3) is 0.0556. The third kappa shape index (κ3) is 3.79. The summed E-state index contributed by atoms with van der Waals surface area (Å²) in [6.07, 6.45) is 3.37. The molecule has 1 aromatic heterocycles. The minimum atomic E-state index is -0.284. The second-order valence-corrected chi connectivity index (χ2v) is 5.49. The summed E-state index contributed by atoms with van der Waals surface area (Å²) in [7, 11) is 0. The van der Waals surface area contributed by atoms with Gasteiger partial charge in [0.05, 0.1) is 6.20 Å². The molecule has 5 heteroatoms. The molecule has 23 heavy (non-hydrogen) atoms. The van der Waals surface area contributed by atoms with Gasteiger partial charge in [0.1, 0.15) is 5.82 Å². The van der Waals surface area contributed by atoms with E-state index in [0.717, 1.165) is 11.3 Å². The lowest BCUT2D eigenvalue weighted by Gasteiger charge is -2.01. The van der Waals surface area contributed by atoms with Crippen LogP contribution in [-0.2, 0) is 6.54 Å². The van der Waals surface area contributed by atoms with Gasteiger partial charge < -0.3 is 0 Å². The Morgan fingerprint density at radius 3 is 2.35 bits per heavy atom. The summed E-state index contributed by atoms with van der Waals surface area (Å²) in [6, 6.07) is 14.7. The van der Waals surface area contributed by atoms with Gasteiger partial charge in [-0.1, -0.05) is 11.6 Å². The molecule has 0 N–H and O–H groups in total. The van der Waals surface area contributed by atoms with Gasteiger partial charge >= 0.3 is 0 Å². The Balaban J connectivity index is 1.73. The number of hydrogen-bond donors (Lipinski definition) is 0. The van der Waals surface area contributed by atoms with E-state index in [4.69, 9.17) is 11.6 Å². The molecule has 0 aliphatic rings. The van der Waals surface area contributed by atoms with Crippen molar-refractivity contribution in [2.75, 3.05) is 0 Å². The highest BCUT2D eigenvalue weighted by molar-refractivity contribution is 6.30. The monoisotopic (exact) mass is 327 g/mol. The molecule has 0 atom stereocenters. The average Bonchev–Trinajstić information content (AvgIpc) is 2.57. The normalized spacial score (nSPS) is 10.5. The van der Waals surface area contributed by atoms with Gasteiger partial charge in [0.2, 0.25) is 5.78 Å². The molecule has 0 aliphatic heterocycles. The number of carbonyl (C=O) groups is 1. The lowest BCUT2D eigenvalue weighted by molar-refractivity contribution is -0.686. The molecule has 0 saturated heterocycles. The summed E-state index contributed by atoms with van der Waals surface area (Å²) in [6.45, 7) is 0.193. The molecule has 114 valence electrons. The Morgan fingerprint density at radius 2 is 1.74 bits per heavy atom. The van der Waals surface area contributed by atoms with Crippen LogP contribution < -0.4 is 4.57 Å². The molecule has 0 aliphatic carbocycles. The fourth-order valence-electron chi connectivity index (χ4n) is 2.16. The molecule has 0 amide bonds. The van der Waals surface area contributed by atoms with Crippen molar-refractivity contribution in [3.8, 4) is 11.3 Å². The van der Waals surface area contributed by atoms with Gasteiger partial charge in [-0.25, -0.2) is 8.96 Å². The zero-order valence-corrected chi connectivity index (χ0v) is 12.9. The number of carbonyl (C=O) groups excluding carboxylic acids is 1. The maximum atomic E-state index is 12.9. The molecule has 0 radical (unpaired) electrons. The standard InChI is InChI=1S/C18H13ClFN2O/c19-15-5-1-14(2-6-15)18(23)11-22-10-9-17(21-12-22)13-3-7-16(20)8-4-13/h1-10,12H,11H2/q+1. The van der Waals surface area contributed by atoms with Gasteiger partial charge in [0, 0.05) is 22.2 Å². The smallest absolute Gasteiger partial charge is 0.287 e. The van der Waals surface area contributed by atoms with Crippen LogP contribution in [0.5, 0.6) is 0 Å². The van der Waals surface area contributed by atoms with Gasteiger partial charge in [-0.2, -0.15) is 0 Å². The number of Topliss-reactive ketones (excluding diaryl/α,β-unsaturated/α-hetero) is 1. The molecule has 0 fully saturated rings.